The molecule has 0 aliphatic carbocycles. The second-order valence-corrected chi connectivity index (χ2v) is 5.84. The second-order valence-electron chi connectivity index (χ2n) is 2.16. The highest BCUT2D eigenvalue weighted by Gasteiger charge is 2.15. The minimum absolute atomic E-state index is 0.106. The molecule has 0 heterocycles. The predicted octanol–water partition coefficient (Wildman–Crippen LogP) is 2.06. The van der Waals surface area contributed by atoms with Gasteiger partial charge in [-0.25, -0.2) is 0 Å². The van der Waals surface area contributed by atoms with E-state index in [2.05, 4.69) is 25.3 Å². The maximum Gasteiger partial charge on any atom is 0.212 e. The van der Waals surface area contributed by atoms with E-state index in [1.165, 1.54) is 0 Å². The third-order valence-electron chi connectivity index (χ3n) is 0.888. The van der Waals surface area contributed by atoms with Crippen LogP contribution in [0.3, 0.4) is 0 Å². The van der Waals surface area contributed by atoms with E-state index in [0.29, 0.717) is 0 Å². The summed E-state index contributed by atoms with van der Waals surface area (Å²) in [6, 6.07) is 0. The van der Waals surface area contributed by atoms with Gasteiger partial charge >= 0.3 is 0 Å². The molecule has 0 radical (unpaired) electrons. The molecule has 12 heavy (non-hydrogen) atoms. The van der Waals surface area contributed by atoms with E-state index in [0.717, 1.165) is 21.6 Å². The smallest absolute Gasteiger partial charge is 0.212 e. The van der Waals surface area contributed by atoms with Gasteiger partial charge in [0, 0.05) is 0 Å². The van der Waals surface area contributed by atoms with Crippen molar-refractivity contribution in [2.45, 2.75) is 24.3 Å². The largest absolute Gasteiger partial charge is 0.285 e. The minimum atomic E-state index is -0.328. The van der Waals surface area contributed by atoms with Crippen LogP contribution in [-0.2, 0) is 9.59 Å². The molecule has 0 aromatic carbocycles. The monoisotopic (exact) mass is 242 g/mol. The van der Waals surface area contributed by atoms with Gasteiger partial charge < -0.3 is 0 Å². The summed E-state index contributed by atoms with van der Waals surface area (Å²) in [5, 5.41) is -0.868. The van der Waals surface area contributed by atoms with Gasteiger partial charge in [0.15, 0.2) is 0 Å². The molecule has 0 bridgehead atoms. The Bertz CT molecular complexity index is 158. The van der Waals surface area contributed by atoms with Gasteiger partial charge in [0.05, 0.1) is 10.5 Å². The van der Waals surface area contributed by atoms with E-state index in [1.54, 1.807) is 13.8 Å². The van der Waals surface area contributed by atoms with Crippen molar-refractivity contribution in [3.63, 3.8) is 0 Å². The Labute approximate surface area is 90.8 Å². The highest BCUT2D eigenvalue weighted by molar-refractivity contribution is 8.87. The maximum absolute atomic E-state index is 11.0. The summed E-state index contributed by atoms with van der Waals surface area (Å²) in [5.41, 5.74) is 0. The van der Waals surface area contributed by atoms with E-state index >= 15 is 0 Å². The van der Waals surface area contributed by atoms with E-state index < -0.39 is 0 Å². The minimum Gasteiger partial charge on any atom is -0.285 e. The number of thiol groups is 2. The molecule has 0 amide bonds. The van der Waals surface area contributed by atoms with Crippen molar-refractivity contribution in [3.8, 4) is 0 Å². The molecule has 2 atom stereocenters. The molecule has 0 N–H and O–H groups in total. The Morgan fingerprint density at radius 3 is 1.42 bits per heavy atom. The van der Waals surface area contributed by atoms with Crippen LogP contribution in [0.1, 0.15) is 13.8 Å². The van der Waals surface area contributed by atoms with Crippen LogP contribution in [0.4, 0.5) is 0 Å². The Morgan fingerprint density at radius 2 is 1.25 bits per heavy atom. The topological polar surface area (TPSA) is 34.1 Å². The standard InChI is InChI=1S/C6H10O2S4/c1-3(9)5(7)11-12-6(8)4(2)10/h3-4,9-10H,1-2H3. The molecule has 0 saturated carbocycles. The molecule has 70 valence electrons. The Kier molecular flexibility index (Phi) is 6.62. The summed E-state index contributed by atoms with van der Waals surface area (Å²) in [6.45, 7) is 3.35. The Hall–Kier alpha value is 0.740. The molecular weight excluding hydrogens is 232 g/mol. The van der Waals surface area contributed by atoms with Crippen molar-refractivity contribution in [1.82, 2.24) is 0 Å². The highest BCUT2D eigenvalue weighted by atomic mass is 33.1. The van der Waals surface area contributed by atoms with Gasteiger partial charge in [-0.2, -0.15) is 25.3 Å². The molecule has 6 heteroatoms. The third-order valence-corrected chi connectivity index (χ3v) is 4.06. The molecule has 0 fully saturated rings. The maximum atomic E-state index is 11.0. The predicted molar refractivity (Wildman–Crippen MR) is 62.1 cm³/mol. The summed E-state index contributed by atoms with van der Waals surface area (Å²) in [6.07, 6.45) is 0. The van der Waals surface area contributed by atoms with Gasteiger partial charge in [0.1, 0.15) is 0 Å². The molecule has 0 saturated heterocycles. The van der Waals surface area contributed by atoms with Crippen LogP contribution in [0.5, 0.6) is 0 Å². The third kappa shape index (κ3) is 5.40. The van der Waals surface area contributed by atoms with Crippen LogP contribution in [0.15, 0.2) is 0 Å². The summed E-state index contributed by atoms with van der Waals surface area (Å²) < 4.78 is 0. The van der Waals surface area contributed by atoms with Crippen molar-refractivity contribution in [2.75, 3.05) is 0 Å². The van der Waals surface area contributed by atoms with Gasteiger partial charge in [0.25, 0.3) is 0 Å². The molecule has 0 aromatic heterocycles. The van der Waals surface area contributed by atoms with Crippen LogP contribution in [0, 0.1) is 0 Å². The number of hydrogen-bond acceptors (Lipinski definition) is 6. The lowest BCUT2D eigenvalue weighted by Gasteiger charge is -2.02. The fourth-order valence-corrected chi connectivity index (χ4v) is 2.77. The van der Waals surface area contributed by atoms with Crippen molar-refractivity contribution in [2.24, 2.45) is 0 Å². The summed E-state index contributed by atoms with van der Waals surface area (Å²) in [5.74, 6) is 0. The number of carbonyl (C=O) groups excluding carboxylic acids is 2. The lowest BCUT2D eigenvalue weighted by Crippen LogP contribution is -2.07. The van der Waals surface area contributed by atoms with Crippen molar-refractivity contribution in [1.29, 1.82) is 0 Å². The highest BCUT2D eigenvalue weighted by Crippen LogP contribution is 2.27. The van der Waals surface area contributed by atoms with Gasteiger partial charge in [0.2, 0.25) is 10.2 Å². The zero-order chi connectivity index (χ0) is 9.72. The summed E-state index contributed by atoms with van der Waals surface area (Å²) in [4.78, 5) is 21.9. The van der Waals surface area contributed by atoms with Gasteiger partial charge in [-0.1, -0.05) is 0 Å². The Balaban J connectivity index is 3.69. The number of rotatable bonds is 2. The fourth-order valence-electron chi connectivity index (χ4n) is 0.221. The zero-order valence-corrected chi connectivity index (χ0v) is 10.1. The Morgan fingerprint density at radius 1 is 1.00 bits per heavy atom. The first-order valence-corrected chi connectivity index (χ1v) is 6.41. The van der Waals surface area contributed by atoms with E-state index in [9.17, 15) is 9.59 Å². The lowest BCUT2D eigenvalue weighted by molar-refractivity contribution is -0.111. The molecule has 0 spiro atoms. The SMILES string of the molecule is CC(S)C(=O)SSC(=O)C(C)S. The lowest BCUT2D eigenvalue weighted by atomic mass is 10.5. The van der Waals surface area contributed by atoms with Crippen molar-refractivity contribution < 1.29 is 9.59 Å². The van der Waals surface area contributed by atoms with Gasteiger partial charge in [-0.15, -0.1) is 0 Å². The van der Waals surface area contributed by atoms with Crippen molar-refractivity contribution >= 4 is 57.1 Å². The van der Waals surface area contributed by atoms with Gasteiger partial charge in [-0.05, 0) is 35.4 Å². The molecule has 0 rings (SSSR count). The van der Waals surface area contributed by atoms with Crippen LogP contribution in [0.2, 0.25) is 0 Å². The summed E-state index contributed by atoms with van der Waals surface area (Å²) >= 11 is 7.87. The first-order valence-electron chi connectivity index (χ1n) is 3.23. The van der Waals surface area contributed by atoms with Crippen molar-refractivity contribution in [3.05, 3.63) is 0 Å². The first-order chi connectivity index (χ1) is 5.45. The average Bonchev–Trinajstić information content (AvgIpc) is 1.98. The quantitative estimate of drug-likeness (QED) is 0.574. The van der Waals surface area contributed by atoms with Crippen LogP contribution in [-0.4, -0.2) is 20.7 Å². The van der Waals surface area contributed by atoms with Gasteiger partial charge in [-0.3, -0.25) is 9.59 Å². The number of carbonyl (C=O) groups is 2. The molecule has 0 aliphatic rings. The van der Waals surface area contributed by atoms with E-state index in [1.807, 2.05) is 0 Å². The average molecular weight is 242 g/mol. The molecule has 2 unspecified atom stereocenters. The summed E-state index contributed by atoms with van der Waals surface area (Å²) in [7, 11) is 1.85. The van der Waals surface area contributed by atoms with Crippen LogP contribution < -0.4 is 0 Å². The molecule has 0 aromatic rings. The van der Waals surface area contributed by atoms with Crippen LogP contribution in [0.25, 0.3) is 0 Å². The normalized spacial score (nSPS) is 15.3. The molecule has 2 nitrogen and oxygen atoms in total. The molecule has 0 aliphatic heterocycles. The van der Waals surface area contributed by atoms with E-state index in [-0.39, 0.29) is 20.7 Å². The van der Waals surface area contributed by atoms with E-state index in [4.69, 9.17) is 0 Å². The number of hydrogen-bond donors (Lipinski definition) is 2. The van der Waals surface area contributed by atoms with Crippen LogP contribution >= 0.6 is 46.8 Å². The molecular formula is C6H10O2S4. The fraction of sp³-hybridized carbons (Fsp3) is 0.667. The second kappa shape index (κ2) is 6.23. The first kappa shape index (κ1) is 12.7. The zero-order valence-electron chi connectivity index (χ0n) is 6.68.